The monoisotopic (exact) mass is 330 g/mol. The number of benzene rings is 1. The zero-order valence-electron chi connectivity index (χ0n) is 13.3. The zero-order chi connectivity index (χ0) is 15.2. The maximum atomic E-state index is 12.2. The number of halogens is 1. The summed E-state index contributed by atoms with van der Waals surface area (Å²) in [5.74, 6) is 0.979. The number of carbonyl (C=O) groups excluding carboxylic acids is 1. The first-order valence-corrected chi connectivity index (χ1v) is 8.22. The molecule has 1 aromatic rings. The summed E-state index contributed by atoms with van der Waals surface area (Å²) in [4.78, 5) is 13.4. The Morgan fingerprint density at radius 3 is 2.38 bits per heavy atom. The van der Waals surface area contributed by atoms with Crippen molar-refractivity contribution >= 4 is 30.1 Å². The molecule has 21 heavy (non-hydrogen) atoms. The maximum absolute atomic E-state index is 12.2. The Kier molecular flexibility index (Phi) is 9.02. The molecule has 1 amide bonds. The number of nitrogens with one attached hydrogen (secondary N) is 1. The first-order chi connectivity index (χ1) is 9.40. The lowest BCUT2D eigenvalue weighted by Gasteiger charge is -2.25. The van der Waals surface area contributed by atoms with E-state index < -0.39 is 5.54 Å². The number of thioether (sulfide) groups is 1. The van der Waals surface area contributed by atoms with Crippen LogP contribution in [0.2, 0.25) is 0 Å². The van der Waals surface area contributed by atoms with E-state index in [1.807, 2.05) is 25.6 Å². The van der Waals surface area contributed by atoms with Gasteiger partial charge in [-0.1, -0.05) is 32.4 Å². The Morgan fingerprint density at radius 2 is 1.90 bits per heavy atom. The normalized spacial score (nSPS) is 14.7. The van der Waals surface area contributed by atoms with E-state index in [1.165, 1.54) is 4.90 Å². The van der Waals surface area contributed by atoms with Gasteiger partial charge in [0, 0.05) is 4.90 Å². The van der Waals surface area contributed by atoms with E-state index in [1.54, 1.807) is 6.92 Å². The van der Waals surface area contributed by atoms with Crippen LogP contribution in [0.5, 0.6) is 0 Å². The van der Waals surface area contributed by atoms with E-state index in [4.69, 9.17) is 5.73 Å². The van der Waals surface area contributed by atoms with E-state index >= 15 is 0 Å². The molecule has 0 spiro atoms. The van der Waals surface area contributed by atoms with Crippen LogP contribution in [0.4, 0.5) is 0 Å². The molecule has 3 nitrogen and oxygen atoms in total. The molecular formula is C16H27ClN2OS. The standard InChI is InChI=1S/C16H26N2OS.ClH/c1-5-11-16(4,17)15(19)18-12(3)13-7-9-14(10-8-13)20-6-2;/h7-10,12H,5-6,11,17H2,1-4H3,(H,18,19);1H. The summed E-state index contributed by atoms with van der Waals surface area (Å²) in [6.07, 6.45) is 1.59. The predicted octanol–water partition coefficient (Wildman–Crippen LogP) is 3.92. The smallest absolute Gasteiger partial charge is 0.240 e. The van der Waals surface area contributed by atoms with Crippen molar-refractivity contribution < 1.29 is 4.79 Å². The third-order valence-electron chi connectivity index (χ3n) is 3.33. The van der Waals surface area contributed by atoms with Gasteiger partial charge in [-0.15, -0.1) is 24.2 Å². The second kappa shape index (κ2) is 9.34. The summed E-state index contributed by atoms with van der Waals surface area (Å²) in [5, 5.41) is 3.00. The number of carbonyl (C=O) groups is 1. The molecule has 0 heterocycles. The van der Waals surface area contributed by atoms with E-state index in [-0.39, 0.29) is 24.4 Å². The Balaban J connectivity index is 0.00000400. The van der Waals surface area contributed by atoms with E-state index in [0.717, 1.165) is 17.7 Å². The van der Waals surface area contributed by atoms with Crippen LogP contribution in [-0.2, 0) is 4.79 Å². The lowest BCUT2D eigenvalue weighted by molar-refractivity contribution is -0.126. The molecule has 0 aliphatic carbocycles. The third-order valence-corrected chi connectivity index (χ3v) is 4.22. The van der Waals surface area contributed by atoms with Crippen LogP contribution in [0.1, 0.15) is 52.1 Å². The fourth-order valence-electron chi connectivity index (χ4n) is 2.10. The third kappa shape index (κ3) is 6.29. The van der Waals surface area contributed by atoms with Crippen LogP contribution in [-0.4, -0.2) is 17.2 Å². The first kappa shape index (κ1) is 20.3. The Morgan fingerprint density at radius 1 is 1.33 bits per heavy atom. The summed E-state index contributed by atoms with van der Waals surface area (Å²) in [5.41, 5.74) is 6.36. The summed E-state index contributed by atoms with van der Waals surface area (Å²) < 4.78 is 0. The Hall–Kier alpha value is -0.710. The molecule has 0 fully saturated rings. The fourth-order valence-corrected chi connectivity index (χ4v) is 2.76. The molecule has 2 atom stereocenters. The predicted molar refractivity (Wildman–Crippen MR) is 94.1 cm³/mol. The van der Waals surface area contributed by atoms with Gasteiger partial charge >= 0.3 is 0 Å². The van der Waals surface area contributed by atoms with Crippen molar-refractivity contribution in [2.75, 3.05) is 5.75 Å². The highest BCUT2D eigenvalue weighted by atomic mass is 35.5. The van der Waals surface area contributed by atoms with Crippen LogP contribution in [0.3, 0.4) is 0 Å². The molecule has 1 aromatic carbocycles. The molecule has 0 saturated heterocycles. The number of hydrogen-bond donors (Lipinski definition) is 2. The summed E-state index contributed by atoms with van der Waals surface area (Å²) in [7, 11) is 0. The van der Waals surface area contributed by atoms with E-state index in [2.05, 4.69) is 36.5 Å². The summed E-state index contributed by atoms with van der Waals surface area (Å²) in [6, 6.07) is 8.30. The van der Waals surface area contributed by atoms with Gasteiger partial charge in [0.1, 0.15) is 0 Å². The van der Waals surface area contributed by atoms with E-state index in [0.29, 0.717) is 6.42 Å². The average molecular weight is 331 g/mol. The van der Waals surface area contributed by atoms with Gasteiger partial charge in [0.2, 0.25) is 5.91 Å². The largest absolute Gasteiger partial charge is 0.348 e. The maximum Gasteiger partial charge on any atom is 0.240 e. The molecular weight excluding hydrogens is 304 g/mol. The number of hydrogen-bond acceptors (Lipinski definition) is 3. The molecule has 2 unspecified atom stereocenters. The van der Waals surface area contributed by atoms with Crippen LogP contribution >= 0.6 is 24.2 Å². The highest BCUT2D eigenvalue weighted by Crippen LogP contribution is 2.21. The first-order valence-electron chi connectivity index (χ1n) is 7.23. The molecule has 0 radical (unpaired) electrons. The second-order valence-corrected chi connectivity index (χ2v) is 6.70. The topological polar surface area (TPSA) is 55.1 Å². The van der Waals surface area contributed by atoms with Gasteiger partial charge < -0.3 is 11.1 Å². The van der Waals surface area contributed by atoms with Gasteiger partial charge in [0.05, 0.1) is 11.6 Å². The molecule has 0 aromatic heterocycles. The lowest BCUT2D eigenvalue weighted by Crippen LogP contribution is -2.52. The summed E-state index contributed by atoms with van der Waals surface area (Å²) in [6.45, 7) is 7.95. The van der Waals surface area contributed by atoms with Crippen molar-refractivity contribution in [2.24, 2.45) is 5.73 Å². The van der Waals surface area contributed by atoms with Gasteiger partial charge in [-0.05, 0) is 43.7 Å². The zero-order valence-corrected chi connectivity index (χ0v) is 14.9. The van der Waals surface area contributed by atoms with Crippen LogP contribution in [0.15, 0.2) is 29.2 Å². The lowest BCUT2D eigenvalue weighted by atomic mass is 9.95. The molecule has 1 rings (SSSR count). The van der Waals surface area contributed by atoms with Gasteiger partial charge in [0.25, 0.3) is 0 Å². The summed E-state index contributed by atoms with van der Waals surface area (Å²) >= 11 is 1.81. The van der Waals surface area contributed by atoms with E-state index in [9.17, 15) is 4.79 Å². The fraction of sp³-hybridized carbons (Fsp3) is 0.562. The molecule has 5 heteroatoms. The minimum atomic E-state index is -0.791. The Bertz CT molecular complexity index is 434. The molecule has 120 valence electrons. The van der Waals surface area contributed by atoms with Crippen LogP contribution < -0.4 is 11.1 Å². The molecule has 0 saturated carbocycles. The molecule has 0 aliphatic rings. The van der Waals surface area contributed by atoms with Gasteiger partial charge in [0.15, 0.2) is 0 Å². The Labute approximate surface area is 138 Å². The number of amides is 1. The minimum Gasteiger partial charge on any atom is -0.348 e. The van der Waals surface area contributed by atoms with Crippen LogP contribution in [0.25, 0.3) is 0 Å². The van der Waals surface area contributed by atoms with Crippen molar-refractivity contribution in [3.05, 3.63) is 29.8 Å². The molecule has 3 N–H and O–H groups in total. The molecule has 0 aliphatic heterocycles. The van der Waals surface area contributed by atoms with Crippen molar-refractivity contribution in [1.29, 1.82) is 0 Å². The quantitative estimate of drug-likeness (QED) is 0.745. The van der Waals surface area contributed by atoms with Crippen LogP contribution in [0, 0.1) is 0 Å². The number of nitrogens with two attached hydrogens (primary N) is 1. The minimum absolute atomic E-state index is 0. The van der Waals surface area contributed by atoms with Crippen molar-refractivity contribution in [3.63, 3.8) is 0 Å². The van der Waals surface area contributed by atoms with Crippen molar-refractivity contribution in [3.8, 4) is 0 Å². The highest BCUT2D eigenvalue weighted by Gasteiger charge is 2.28. The average Bonchev–Trinajstić information content (AvgIpc) is 2.39. The van der Waals surface area contributed by atoms with Crippen molar-refractivity contribution in [2.45, 2.75) is 57.0 Å². The SMILES string of the molecule is CCCC(C)(N)C(=O)NC(C)c1ccc(SCC)cc1.Cl. The van der Waals surface area contributed by atoms with Crippen molar-refractivity contribution in [1.82, 2.24) is 5.32 Å². The highest BCUT2D eigenvalue weighted by molar-refractivity contribution is 7.99. The van der Waals surface area contributed by atoms with Gasteiger partial charge in [-0.25, -0.2) is 0 Å². The second-order valence-electron chi connectivity index (χ2n) is 5.36. The van der Waals surface area contributed by atoms with Gasteiger partial charge in [-0.3, -0.25) is 4.79 Å². The number of rotatable bonds is 7. The van der Waals surface area contributed by atoms with Gasteiger partial charge in [-0.2, -0.15) is 0 Å². The molecule has 0 bridgehead atoms.